The standard InChI is InChI=1S/C11H19N5O3/c1-3-4-11(2,12)10(19)13-5-6-16-7-8(9(17)18)14-15-16/h7H,3-6,12H2,1-2H3,(H,13,19)(H,17,18). The molecule has 1 atom stereocenters. The molecule has 8 heteroatoms. The number of amides is 1. The van der Waals surface area contributed by atoms with Crippen molar-refractivity contribution in [3.05, 3.63) is 11.9 Å². The molecule has 0 bridgehead atoms. The van der Waals surface area contributed by atoms with Crippen LogP contribution < -0.4 is 11.1 Å². The van der Waals surface area contributed by atoms with E-state index in [0.29, 0.717) is 19.5 Å². The number of rotatable bonds is 7. The number of carboxylic acids is 1. The van der Waals surface area contributed by atoms with Gasteiger partial charge in [0, 0.05) is 6.54 Å². The van der Waals surface area contributed by atoms with E-state index >= 15 is 0 Å². The van der Waals surface area contributed by atoms with Crippen molar-refractivity contribution in [1.29, 1.82) is 0 Å². The quantitative estimate of drug-likeness (QED) is 0.619. The van der Waals surface area contributed by atoms with E-state index in [1.54, 1.807) is 6.92 Å². The molecule has 0 aliphatic heterocycles. The maximum Gasteiger partial charge on any atom is 0.358 e. The van der Waals surface area contributed by atoms with E-state index in [1.165, 1.54) is 10.9 Å². The van der Waals surface area contributed by atoms with Crippen molar-refractivity contribution in [3.63, 3.8) is 0 Å². The second-order valence-corrected chi connectivity index (χ2v) is 4.60. The number of nitrogens with zero attached hydrogens (tertiary/aromatic N) is 3. The van der Waals surface area contributed by atoms with Gasteiger partial charge >= 0.3 is 5.97 Å². The third-order valence-corrected chi connectivity index (χ3v) is 2.67. The Morgan fingerprint density at radius 1 is 1.58 bits per heavy atom. The number of carbonyl (C=O) groups is 2. The van der Waals surface area contributed by atoms with Gasteiger partial charge in [0.15, 0.2) is 5.69 Å². The van der Waals surface area contributed by atoms with Crippen LogP contribution >= 0.6 is 0 Å². The maximum absolute atomic E-state index is 11.8. The number of carbonyl (C=O) groups excluding carboxylic acids is 1. The summed E-state index contributed by atoms with van der Waals surface area (Å²) in [6, 6.07) is 0. The molecule has 1 rings (SSSR count). The molecule has 1 heterocycles. The molecule has 0 aliphatic rings. The van der Waals surface area contributed by atoms with Crippen molar-refractivity contribution < 1.29 is 14.7 Å². The smallest absolute Gasteiger partial charge is 0.358 e. The predicted octanol–water partition coefficient (Wildman–Crippen LogP) is -0.390. The molecular formula is C11H19N5O3. The van der Waals surface area contributed by atoms with Gasteiger partial charge in [0.25, 0.3) is 0 Å². The highest BCUT2D eigenvalue weighted by atomic mass is 16.4. The minimum Gasteiger partial charge on any atom is -0.476 e. The number of hydrogen-bond donors (Lipinski definition) is 3. The summed E-state index contributed by atoms with van der Waals surface area (Å²) in [6.07, 6.45) is 2.74. The fourth-order valence-corrected chi connectivity index (χ4v) is 1.62. The van der Waals surface area contributed by atoms with Crippen LogP contribution in [0.3, 0.4) is 0 Å². The summed E-state index contributed by atoms with van der Waals surface area (Å²) in [7, 11) is 0. The van der Waals surface area contributed by atoms with E-state index in [2.05, 4.69) is 15.6 Å². The van der Waals surface area contributed by atoms with Crippen molar-refractivity contribution >= 4 is 11.9 Å². The molecule has 1 amide bonds. The zero-order valence-electron chi connectivity index (χ0n) is 11.1. The molecule has 0 saturated heterocycles. The van der Waals surface area contributed by atoms with Crippen LogP contribution in [0.2, 0.25) is 0 Å². The first kappa shape index (κ1) is 15.1. The zero-order chi connectivity index (χ0) is 14.5. The Kier molecular flexibility index (Phi) is 4.99. The second-order valence-electron chi connectivity index (χ2n) is 4.60. The number of aromatic carboxylic acids is 1. The largest absolute Gasteiger partial charge is 0.476 e. The van der Waals surface area contributed by atoms with Crippen molar-refractivity contribution in [3.8, 4) is 0 Å². The van der Waals surface area contributed by atoms with Gasteiger partial charge in [0.05, 0.1) is 18.3 Å². The van der Waals surface area contributed by atoms with E-state index in [-0.39, 0.29) is 11.6 Å². The molecule has 0 aliphatic carbocycles. The number of hydrogen-bond acceptors (Lipinski definition) is 5. The van der Waals surface area contributed by atoms with Crippen LogP contribution in [0, 0.1) is 0 Å². The lowest BCUT2D eigenvalue weighted by atomic mass is 9.97. The van der Waals surface area contributed by atoms with E-state index in [1.807, 2.05) is 6.92 Å². The Bertz CT molecular complexity index is 455. The maximum atomic E-state index is 11.8. The number of nitrogens with two attached hydrogens (primary N) is 1. The van der Waals surface area contributed by atoms with Crippen LogP contribution in [-0.2, 0) is 11.3 Å². The lowest BCUT2D eigenvalue weighted by molar-refractivity contribution is -0.126. The van der Waals surface area contributed by atoms with E-state index in [9.17, 15) is 9.59 Å². The van der Waals surface area contributed by atoms with E-state index in [4.69, 9.17) is 10.8 Å². The first-order chi connectivity index (χ1) is 8.86. The fourth-order valence-electron chi connectivity index (χ4n) is 1.62. The van der Waals surface area contributed by atoms with Gasteiger partial charge in [0.1, 0.15) is 0 Å². The van der Waals surface area contributed by atoms with Crippen LogP contribution in [0.25, 0.3) is 0 Å². The highest BCUT2D eigenvalue weighted by molar-refractivity contribution is 5.85. The first-order valence-electron chi connectivity index (χ1n) is 6.07. The van der Waals surface area contributed by atoms with Crippen LogP contribution in [0.1, 0.15) is 37.2 Å². The number of nitrogens with one attached hydrogen (secondary N) is 1. The highest BCUT2D eigenvalue weighted by Gasteiger charge is 2.26. The molecule has 0 spiro atoms. The first-order valence-corrected chi connectivity index (χ1v) is 6.07. The Morgan fingerprint density at radius 3 is 2.79 bits per heavy atom. The summed E-state index contributed by atoms with van der Waals surface area (Å²) in [5, 5.41) is 18.5. The summed E-state index contributed by atoms with van der Waals surface area (Å²) in [5.41, 5.74) is 4.86. The Labute approximate surface area is 111 Å². The monoisotopic (exact) mass is 269 g/mol. The Morgan fingerprint density at radius 2 is 2.26 bits per heavy atom. The number of aromatic nitrogens is 3. The zero-order valence-corrected chi connectivity index (χ0v) is 11.1. The van der Waals surface area contributed by atoms with Gasteiger partial charge in [-0.2, -0.15) is 0 Å². The van der Waals surface area contributed by atoms with Crippen LogP contribution in [-0.4, -0.2) is 44.1 Å². The summed E-state index contributed by atoms with van der Waals surface area (Å²) in [6.45, 7) is 4.30. The van der Waals surface area contributed by atoms with Gasteiger partial charge in [-0.15, -0.1) is 5.10 Å². The molecule has 0 aromatic carbocycles. The fraction of sp³-hybridized carbons (Fsp3) is 0.636. The topological polar surface area (TPSA) is 123 Å². The third kappa shape index (κ3) is 4.32. The molecule has 1 aromatic heterocycles. The normalized spacial score (nSPS) is 13.8. The molecule has 1 unspecified atom stereocenters. The molecule has 19 heavy (non-hydrogen) atoms. The van der Waals surface area contributed by atoms with Crippen molar-refractivity contribution in [2.45, 2.75) is 38.8 Å². The molecule has 8 nitrogen and oxygen atoms in total. The van der Waals surface area contributed by atoms with E-state index < -0.39 is 11.5 Å². The van der Waals surface area contributed by atoms with Crippen molar-refractivity contribution in [1.82, 2.24) is 20.3 Å². The molecule has 4 N–H and O–H groups in total. The van der Waals surface area contributed by atoms with Crippen LogP contribution in [0.15, 0.2) is 6.20 Å². The summed E-state index contributed by atoms with van der Waals surface area (Å²) in [4.78, 5) is 22.4. The molecule has 1 aromatic rings. The van der Waals surface area contributed by atoms with Gasteiger partial charge < -0.3 is 16.2 Å². The molecule has 0 fully saturated rings. The summed E-state index contributed by atoms with van der Waals surface area (Å²) in [5.74, 6) is -1.36. The van der Waals surface area contributed by atoms with Gasteiger partial charge in [0.2, 0.25) is 5.91 Å². The summed E-state index contributed by atoms with van der Waals surface area (Å²) < 4.78 is 1.36. The lowest BCUT2D eigenvalue weighted by Gasteiger charge is -2.22. The minimum absolute atomic E-state index is 0.124. The van der Waals surface area contributed by atoms with Crippen LogP contribution in [0.4, 0.5) is 0 Å². The summed E-state index contributed by atoms with van der Waals surface area (Å²) >= 11 is 0. The van der Waals surface area contributed by atoms with Gasteiger partial charge in [-0.25, -0.2) is 9.48 Å². The molecular weight excluding hydrogens is 250 g/mol. The third-order valence-electron chi connectivity index (χ3n) is 2.67. The highest BCUT2D eigenvalue weighted by Crippen LogP contribution is 2.07. The van der Waals surface area contributed by atoms with Gasteiger partial charge in [-0.3, -0.25) is 4.79 Å². The molecule has 106 valence electrons. The minimum atomic E-state index is -1.13. The lowest BCUT2D eigenvalue weighted by Crippen LogP contribution is -2.52. The van der Waals surface area contributed by atoms with Crippen molar-refractivity contribution in [2.75, 3.05) is 6.54 Å². The molecule has 0 saturated carbocycles. The second kappa shape index (κ2) is 6.28. The average Bonchev–Trinajstić information content (AvgIpc) is 2.77. The molecule has 0 radical (unpaired) electrons. The van der Waals surface area contributed by atoms with Crippen molar-refractivity contribution in [2.24, 2.45) is 5.73 Å². The predicted molar refractivity (Wildman–Crippen MR) is 67.5 cm³/mol. The Balaban J connectivity index is 2.41. The Hall–Kier alpha value is -1.96. The SMILES string of the molecule is CCCC(C)(N)C(=O)NCCn1cc(C(=O)O)nn1. The average molecular weight is 269 g/mol. The van der Waals surface area contributed by atoms with E-state index in [0.717, 1.165) is 6.42 Å². The van der Waals surface area contributed by atoms with Gasteiger partial charge in [-0.05, 0) is 13.3 Å². The van der Waals surface area contributed by atoms with Crippen LogP contribution in [0.5, 0.6) is 0 Å². The number of carboxylic acid groups (broad SMARTS) is 1. The van der Waals surface area contributed by atoms with Gasteiger partial charge in [-0.1, -0.05) is 18.6 Å².